The lowest BCUT2D eigenvalue weighted by Crippen LogP contribution is -2.18. The quantitative estimate of drug-likeness (QED) is 0.766. The van der Waals surface area contributed by atoms with E-state index in [-0.39, 0.29) is 5.56 Å². The SMILES string of the molecule is Cc1ccc(Nc2nnc(Cc3cccs3)c(=O)[nH]2)cc1Cl. The molecule has 0 aliphatic rings. The molecule has 0 aliphatic carbocycles. The molecular weight excluding hydrogens is 320 g/mol. The number of anilines is 2. The Kier molecular flexibility index (Phi) is 4.22. The Morgan fingerprint density at radius 3 is 2.86 bits per heavy atom. The van der Waals surface area contributed by atoms with Crippen molar-refractivity contribution in [3.8, 4) is 0 Å². The minimum atomic E-state index is -0.246. The van der Waals surface area contributed by atoms with Crippen molar-refractivity contribution in [3.05, 3.63) is 67.2 Å². The summed E-state index contributed by atoms with van der Waals surface area (Å²) in [6.45, 7) is 1.92. The Labute approximate surface area is 136 Å². The van der Waals surface area contributed by atoms with Gasteiger partial charge in [0.15, 0.2) is 0 Å². The Balaban J connectivity index is 1.79. The number of halogens is 1. The van der Waals surface area contributed by atoms with Gasteiger partial charge >= 0.3 is 0 Å². The van der Waals surface area contributed by atoms with Gasteiger partial charge in [0.1, 0.15) is 5.69 Å². The Morgan fingerprint density at radius 1 is 1.32 bits per heavy atom. The molecule has 0 saturated heterocycles. The smallest absolute Gasteiger partial charge is 0.274 e. The Morgan fingerprint density at radius 2 is 2.18 bits per heavy atom. The number of benzene rings is 1. The second-order valence-corrected chi connectivity index (χ2v) is 6.23. The van der Waals surface area contributed by atoms with E-state index >= 15 is 0 Å². The highest BCUT2D eigenvalue weighted by Crippen LogP contribution is 2.21. The average Bonchev–Trinajstić information content (AvgIpc) is 2.99. The largest absolute Gasteiger partial charge is 0.324 e. The summed E-state index contributed by atoms with van der Waals surface area (Å²) in [4.78, 5) is 15.8. The Hall–Kier alpha value is -2.18. The molecule has 7 heteroatoms. The molecular formula is C15H13ClN4OS. The summed E-state index contributed by atoms with van der Waals surface area (Å²) < 4.78 is 0. The molecule has 0 saturated carbocycles. The van der Waals surface area contributed by atoms with Crippen LogP contribution in [-0.4, -0.2) is 15.2 Å². The van der Waals surface area contributed by atoms with Crippen molar-refractivity contribution in [1.82, 2.24) is 15.2 Å². The fourth-order valence-electron chi connectivity index (χ4n) is 1.92. The van der Waals surface area contributed by atoms with E-state index in [4.69, 9.17) is 11.6 Å². The van der Waals surface area contributed by atoms with Crippen molar-refractivity contribution < 1.29 is 0 Å². The van der Waals surface area contributed by atoms with E-state index in [1.807, 2.05) is 36.6 Å². The van der Waals surface area contributed by atoms with E-state index in [9.17, 15) is 4.79 Å². The molecule has 3 aromatic rings. The number of aryl methyl sites for hydroxylation is 1. The van der Waals surface area contributed by atoms with Crippen molar-refractivity contribution in [1.29, 1.82) is 0 Å². The molecule has 0 radical (unpaired) electrons. The number of H-pyrrole nitrogens is 1. The van der Waals surface area contributed by atoms with E-state index < -0.39 is 0 Å². The van der Waals surface area contributed by atoms with Crippen LogP contribution in [0, 0.1) is 6.92 Å². The van der Waals surface area contributed by atoms with E-state index in [0.29, 0.717) is 23.1 Å². The van der Waals surface area contributed by atoms with Crippen molar-refractivity contribution in [2.24, 2.45) is 0 Å². The minimum absolute atomic E-state index is 0.246. The first-order valence-electron chi connectivity index (χ1n) is 6.63. The van der Waals surface area contributed by atoms with E-state index in [1.54, 1.807) is 17.4 Å². The van der Waals surface area contributed by atoms with Crippen LogP contribution in [0.3, 0.4) is 0 Å². The zero-order valence-corrected chi connectivity index (χ0v) is 13.3. The summed E-state index contributed by atoms with van der Waals surface area (Å²) >= 11 is 7.65. The third-order valence-electron chi connectivity index (χ3n) is 3.12. The van der Waals surface area contributed by atoms with Crippen LogP contribution in [0.4, 0.5) is 11.6 Å². The first-order chi connectivity index (χ1) is 10.6. The van der Waals surface area contributed by atoms with E-state index in [2.05, 4.69) is 20.5 Å². The molecule has 5 nitrogen and oxygen atoms in total. The highest BCUT2D eigenvalue weighted by Gasteiger charge is 2.07. The molecule has 1 aromatic carbocycles. The molecule has 0 spiro atoms. The third-order valence-corrected chi connectivity index (χ3v) is 4.40. The second kappa shape index (κ2) is 6.29. The van der Waals surface area contributed by atoms with Crippen molar-refractivity contribution in [2.45, 2.75) is 13.3 Å². The van der Waals surface area contributed by atoms with Gasteiger partial charge in [-0.15, -0.1) is 21.5 Å². The summed E-state index contributed by atoms with van der Waals surface area (Å²) in [6.07, 6.45) is 0.483. The number of thiophene rings is 1. The lowest BCUT2D eigenvalue weighted by molar-refractivity contribution is 0.879. The highest BCUT2D eigenvalue weighted by molar-refractivity contribution is 7.09. The maximum absolute atomic E-state index is 12.1. The summed E-state index contributed by atoms with van der Waals surface area (Å²) in [5.41, 5.74) is 1.88. The van der Waals surface area contributed by atoms with Gasteiger partial charge in [0, 0.05) is 22.0 Å². The predicted octanol–water partition coefficient (Wildman–Crippen LogP) is 3.52. The number of hydrogen-bond donors (Lipinski definition) is 2. The topological polar surface area (TPSA) is 70.7 Å². The van der Waals surface area contributed by atoms with Crippen LogP contribution in [0.1, 0.15) is 16.1 Å². The maximum Gasteiger partial charge on any atom is 0.274 e. The van der Waals surface area contributed by atoms with Crippen molar-refractivity contribution in [2.75, 3.05) is 5.32 Å². The van der Waals surface area contributed by atoms with Crippen LogP contribution in [0.2, 0.25) is 5.02 Å². The van der Waals surface area contributed by atoms with Crippen LogP contribution in [0.5, 0.6) is 0 Å². The molecule has 3 rings (SSSR count). The van der Waals surface area contributed by atoms with Crippen LogP contribution < -0.4 is 10.9 Å². The number of aromatic nitrogens is 3. The first kappa shape index (κ1) is 14.7. The molecule has 2 heterocycles. The zero-order chi connectivity index (χ0) is 15.5. The van der Waals surface area contributed by atoms with Crippen LogP contribution in [0.15, 0.2) is 40.5 Å². The number of nitrogens with zero attached hydrogens (tertiary/aromatic N) is 2. The predicted molar refractivity (Wildman–Crippen MR) is 89.2 cm³/mol. The molecule has 0 bridgehead atoms. The number of rotatable bonds is 4. The molecule has 112 valence electrons. The molecule has 0 atom stereocenters. The van der Waals surface area contributed by atoms with Gasteiger partial charge in [-0.2, -0.15) is 0 Å². The van der Waals surface area contributed by atoms with Gasteiger partial charge in [-0.1, -0.05) is 23.7 Å². The first-order valence-corrected chi connectivity index (χ1v) is 7.89. The molecule has 2 aromatic heterocycles. The van der Waals surface area contributed by atoms with Gasteiger partial charge in [0.05, 0.1) is 0 Å². The molecule has 2 N–H and O–H groups in total. The van der Waals surface area contributed by atoms with E-state index in [0.717, 1.165) is 16.1 Å². The van der Waals surface area contributed by atoms with Gasteiger partial charge in [0.2, 0.25) is 5.95 Å². The molecule has 0 fully saturated rings. The Bertz CT molecular complexity index is 845. The number of hydrogen-bond acceptors (Lipinski definition) is 5. The molecule has 0 amide bonds. The summed E-state index contributed by atoms with van der Waals surface area (Å²) in [6, 6.07) is 9.43. The third kappa shape index (κ3) is 3.35. The fraction of sp³-hybridized carbons (Fsp3) is 0.133. The van der Waals surface area contributed by atoms with Gasteiger partial charge < -0.3 is 5.32 Å². The van der Waals surface area contributed by atoms with Crippen molar-refractivity contribution in [3.63, 3.8) is 0 Å². The van der Waals surface area contributed by atoms with Crippen LogP contribution in [-0.2, 0) is 6.42 Å². The number of aromatic amines is 1. The monoisotopic (exact) mass is 332 g/mol. The fourth-order valence-corrected chi connectivity index (χ4v) is 2.81. The number of nitrogens with one attached hydrogen (secondary N) is 2. The van der Waals surface area contributed by atoms with Gasteiger partial charge in [0.25, 0.3) is 5.56 Å². The zero-order valence-electron chi connectivity index (χ0n) is 11.8. The normalized spacial score (nSPS) is 10.6. The van der Waals surface area contributed by atoms with Gasteiger partial charge in [-0.05, 0) is 36.1 Å². The summed E-state index contributed by atoms with van der Waals surface area (Å²) in [7, 11) is 0. The van der Waals surface area contributed by atoms with Gasteiger partial charge in [-0.25, -0.2) is 0 Å². The highest BCUT2D eigenvalue weighted by atomic mass is 35.5. The minimum Gasteiger partial charge on any atom is -0.324 e. The van der Waals surface area contributed by atoms with Crippen LogP contribution in [0.25, 0.3) is 0 Å². The summed E-state index contributed by atoms with van der Waals surface area (Å²) in [5, 5.41) is 13.6. The van der Waals surface area contributed by atoms with E-state index in [1.165, 1.54) is 0 Å². The van der Waals surface area contributed by atoms with Crippen LogP contribution >= 0.6 is 22.9 Å². The average molecular weight is 333 g/mol. The standard InChI is InChI=1S/C15H13ClN4OS/c1-9-4-5-10(7-12(9)16)17-15-18-14(21)13(19-20-15)8-11-3-2-6-22-11/h2-7H,8H2,1H3,(H2,17,18,20,21). The molecule has 0 unspecified atom stereocenters. The summed E-state index contributed by atoms with van der Waals surface area (Å²) in [5.74, 6) is 0.292. The lowest BCUT2D eigenvalue weighted by Gasteiger charge is -2.06. The molecule has 22 heavy (non-hydrogen) atoms. The van der Waals surface area contributed by atoms with Crippen molar-refractivity contribution >= 4 is 34.6 Å². The van der Waals surface area contributed by atoms with Gasteiger partial charge in [-0.3, -0.25) is 9.78 Å². The molecule has 0 aliphatic heterocycles. The lowest BCUT2D eigenvalue weighted by atomic mass is 10.2. The second-order valence-electron chi connectivity index (χ2n) is 4.79. The maximum atomic E-state index is 12.1.